The predicted molar refractivity (Wildman–Crippen MR) is 109 cm³/mol. The molecule has 0 amide bonds. The zero-order chi connectivity index (χ0) is 18.2. The summed E-state index contributed by atoms with van der Waals surface area (Å²) in [6, 6.07) is 6.66. The van der Waals surface area contributed by atoms with Crippen molar-refractivity contribution < 1.29 is 4.74 Å². The Labute approximate surface area is 153 Å². The molecule has 138 valence electrons. The number of anilines is 1. The van der Waals surface area contributed by atoms with E-state index in [1.807, 2.05) is 0 Å². The molecule has 0 aromatic carbocycles. The highest BCUT2D eigenvalue weighted by atomic mass is 28.3. The summed E-state index contributed by atoms with van der Waals surface area (Å²) >= 11 is 0. The number of morpholine rings is 1. The van der Waals surface area contributed by atoms with Gasteiger partial charge in [-0.2, -0.15) is 0 Å². The van der Waals surface area contributed by atoms with E-state index in [1.165, 1.54) is 11.0 Å². The Kier molecular flexibility index (Phi) is 5.25. The van der Waals surface area contributed by atoms with Gasteiger partial charge in [0.1, 0.15) is 11.5 Å². The maximum absolute atomic E-state index is 5.50. The number of hydrogen-bond acceptors (Lipinski definition) is 3. The van der Waals surface area contributed by atoms with Crippen molar-refractivity contribution in [3.8, 4) is 0 Å². The standard InChI is InChI=1S/C20H33N3OSi/c1-15(2)25(16(3)4,17(5)6)23-10-9-18-7-8-19(21-20(18)23)22-11-13-24-14-12-22/h7-10,15-17H,11-14H2,1-6H3. The number of fused-ring (bicyclic) bond motifs is 1. The Bertz CT molecular complexity index is 695. The summed E-state index contributed by atoms with van der Waals surface area (Å²) in [5.41, 5.74) is 3.16. The van der Waals surface area contributed by atoms with Gasteiger partial charge in [-0.25, -0.2) is 4.98 Å². The van der Waals surface area contributed by atoms with Gasteiger partial charge in [0.05, 0.1) is 13.2 Å². The van der Waals surface area contributed by atoms with E-state index >= 15 is 0 Å². The molecule has 1 aliphatic rings. The minimum absolute atomic E-state index is 0.664. The molecule has 0 aliphatic carbocycles. The number of ether oxygens (including phenoxy) is 1. The van der Waals surface area contributed by atoms with Crippen molar-refractivity contribution in [3.63, 3.8) is 0 Å². The minimum atomic E-state index is -1.78. The second-order valence-electron chi connectivity index (χ2n) is 8.22. The van der Waals surface area contributed by atoms with Gasteiger partial charge in [-0.05, 0) is 41.0 Å². The van der Waals surface area contributed by atoms with E-state index in [-0.39, 0.29) is 0 Å². The Hall–Kier alpha value is -1.33. The number of rotatable bonds is 5. The van der Waals surface area contributed by atoms with Crippen LogP contribution in [-0.2, 0) is 4.74 Å². The zero-order valence-electron chi connectivity index (χ0n) is 16.6. The molecule has 0 spiro atoms. The molecule has 2 aromatic heterocycles. The van der Waals surface area contributed by atoms with Crippen LogP contribution in [0.15, 0.2) is 24.4 Å². The average Bonchev–Trinajstić information content (AvgIpc) is 2.99. The van der Waals surface area contributed by atoms with E-state index in [2.05, 4.69) is 75.1 Å². The molecular weight excluding hydrogens is 326 g/mol. The molecular formula is C20H33N3OSi. The van der Waals surface area contributed by atoms with Crippen molar-refractivity contribution in [3.05, 3.63) is 24.4 Å². The molecule has 25 heavy (non-hydrogen) atoms. The van der Waals surface area contributed by atoms with E-state index in [9.17, 15) is 0 Å². The molecule has 1 fully saturated rings. The molecule has 1 aliphatic heterocycles. The van der Waals surface area contributed by atoms with E-state index in [0.717, 1.165) is 32.1 Å². The number of pyridine rings is 1. The zero-order valence-corrected chi connectivity index (χ0v) is 17.6. The van der Waals surface area contributed by atoms with Crippen LogP contribution in [0, 0.1) is 0 Å². The minimum Gasteiger partial charge on any atom is -0.378 e. The highest BCUT2D eigenvalue weighted by Crippen LogP contribution is 2.44. The SMILES string of the molecule is CC(C)[Si](C(C)C)(C(C)C)n1ccc2ccc(N3CCOCC3)nc21. The van der Waals surface area contributed by atoms with Gasteiger partial charge >= 0.3 is 0 Å². The predicted octanol–water partition coefficient (Wildman–Crippen LogP) is 4.90. The lowest BCUT2D eigenvalue weighted by Gasteiger charge is -2.44. The topological polar surface area (TPSA) is 30.3 Å². The number of hydrogen-bond donors (Lipinski definition) is 0. The van der Waals surface area contributed by atoms with Gasteiger partial charge in [0.15, 0.2) is 8.24 Å². The number of aromatic nitrogens is 2. The summed E-state index contributed by atoms with van der Waals surface area (Å²) in [5, 5.41) is 1.26. The van der Waals surface area contributed by atoms with Gasteiger partial charge in [-0.15, -0.1) is 0 Å². The van der Waals surface area contributed by atoms with Gasteiger partial charge in [0.25, 0.3) is 0 Å². The monoisotopic (exact) mass is 359 g/mol. The second-order valence-corrected chi connectivity index (χ2v) is 13.9. The highest BCUT2D eigenvalue weighted by Gasteiger charge is 2.46. The van der Waals surface area contributed by atoms with Crippen molar-refractivity contribution >= 4 is 25.1 Å². The van der Waals surface area contributed by atoms with E-state index < -0.39 is 8.24 Å². The fraction of sp³-hybridized carbons (Fsp3) is 0.650. The Morgan fingerprint density at radius 2 is 1.52 bits per heavy atom. The van der Waals surface area contributed by atoms with E-state index in [1.54, 1.807) is 0 Å². The van der Waals surface area contributed by atoms with Crippen molar-refractivity contribution in [2.75, 3.05) is 31.2 Å². The molecule has 0 saturated carbocycles. The van der Waals surface area contributed by atoms with Crippen LogP contribution in [0.2, 0.25) is 16.6 Å². The van der Waals surface area contributed by atoms with Crippen LogP contribution < -0.4 is 4.90 Å². The third-order valence-electron chi connectivity index (χ3n) is 6.05. The van der Waals surface area contributed by atoms with Crippen LogP contribution in [0.4, 0.5) is 5.82 Å². The lowest BCUT2D eigenvalue weighted by molar-refractivity contribution is 0.122. The summed E-state index contributed by atoms with van der Waals surface area (Å²) in [5.74, 6) is 1.09. The molecule has 0 bridgehead atoms. The van der Waals surface area contributed by atoms with Gasteiger partial charge in [0.2, 0.25) is 0 Å². The molecule has 0 N–H and O–H groups in total. The second kappa shape index (κ2) is 7.12. The van der Waals surface area contributed by atoms with Crippen molar-refractivity contribution in [2.24, 2.45) is 0 Å². The van der Waals surface area contributed by atoms with Gasteiger partial charge in [-0.1, -0.05) is 41.5 Å². The third kappa shape index (κ3) is 3.01. The fourth-order valence-electron chi connectivity index (χ4n) is 5.11. The molecule has 4 nitrogen and oxygen atoms in total. The summed E-state index contributed by atoms with van der Waals surface area (Å²) in [4.78, 5) is 7.49. The molecule has 5 heteroatoms. The van der Waals surface area contributed by atoms with Crippen LogP contribution in [0.25, 0.3) is 11.0 Å². The van der Waals surface area contributed by atoms with Gasteiger partial charge < -0.3 is 13.9 Å². The molecule has 0 atom stereocenters. The van der Waals surface area contributed by atoms with E-state index in [0.29, 0.717) is 16.6 Å². The first kappa shape index (κ1) is 18.5. The first-order chi connectivity index (χ1) is 11.9. The smallest absolute Gasteiger partial charge is 0.171 e. The largest absolute Gasteiger partial charge is 0.378 e. The molecule has 1 saturated heterocycles. The summed E-state index contributed by atoms with van der Waals surface area (Å²) in [7, 11) is -1.78. The first-order valence-corrected chi connectivity index (χ1v) is 11.9. The van der Waals surface area contributed by atoms with Crippen LogP contribution in [0.3, 0.4) is 0 Å². The first-order valence-electron chi connectivity index (χ1n) is 9.70. The van der Waals surface area contributed by atoms with Crippen molar-refractivity contribution in [2.45, 2.75) is 58.2 Å². The third-order valence-corrected chi connectivity index (χ3v) is 12.8. The normalized spacial score (nSPS) is 16.6. The molecule has 3 heterocycles. The Balaban J connectivity index is 2.14. The summed E-state index contributed by atoms with van der Waals surface area (Å²) < 4.78 is 8.10. The molecule has 2 aromatic rings. The molecule has 3 rings (SSSR count). The maximum atomic E-state index is 5.50. The Morgan fingerprint density at radius 3 is 2.08 bits per heavy atom. The highest BCUT2D eigenvalue weighted by molar-refractivity contribution is 6.82. The maximum Gasteiger partial charge on any atom is 0.171 e. The van der Waals surface area contributed by atoms with Gasteiger partial charge in [-0.3, -0.25) is 0 Å². The van der Waals surface area contributed by atoms with Crippen LogP contribution >= 0.6 is 0 Å². The quantitative estimate of drug-likeness (QED) is 0.712. The van der Waals surface area contributed by atoms with Crippen LogP contribution in [0.5, 0.6) is 0 Å². The number of nitrogens with zero attached hydrogens (tertiary/aromatic N) is 3. The van der Waals surface area contributed by atoms with Crippen LogP contribution in [-0.4, -0.2) is 43.8 Å². The summed E-state index contributed by atoms with van der Waals surface area (Å²) in [6.45, 7) is 17.9. The average molecular weight is 360 g/mol. The molecule has 0 unspecified atom stereocenters. The lowest BCUT2D eigenvalue weighted by atomic mass is 10.3. The van der Waals surface area contributed by atoms with Crippen molar-refractivity contribution in [1.29, 1.82) is 0 Å². The summed E-state index contributed by atoms with van der Waals surface area (Å²) in [6.07, 6.45) is 2.31. The molecule has 0 radical (unpaired) electrons. The fourth-order valence-corrected chi connectivity index (χ4v) is 11.7. The van der Waals surface area contributed by atoms with E-state index in [4.69, 9.17) is 9.72 Å². The van der Waals surface area contributed by atoms with Gasteiger partial charge in [0, 0.05) is 18.5 Å². The van der Waals surface area contributed by atoms with Crippen molar-refractivity contribution in [1.82, 2.24) is 9.22 Å². The Morgan fingerprint density at radius 1 is 0.920 bits per heavy atom. The van der Waals surface area contributed by atoms with Crippen LogP contribution in [0.1, 0.15) is 41.5 Å². The lowest BCUT2D eigenvalue weighted by Crippen LogP contribution is -2.51.